The van der Waals surface area contributed by atoms with Crippen LogP contribution in [0.1, 0.15) is 59.3 Å². The number of carboxylic acid groups (broad SMARTS) is 1. The first-order valence-corrected chi connectivity index (χ1v) is 6.11. The molecule has 1 N–H and O–H groups in total. The summed E-state index contributed by atoms with van der Waals surface area (Å²) in [6.45, 7) is 6.94. The van der Waals surface area contributed by atoms with Crippen molar-refractivity contribution in [1.29, 1.82) is 0 Å². The van der Waals surface area contributed by atoms with Gasteiger partial charge in [-0.2, -0.15) is 0 Å². The Kier molecular flexibility index (Phi) is 4.18. The Morgan fingerprint density at radius 1 is 1.20 bits per heavy atom. The Hall–Kier alpha value is -0.530. The van der Waals surface area contributed by atoms with Gasteiger partial charge in [0.15, 0.2) is 0 Å². The highest BCUT2D eigenvalue weighted by Gasteiger charge is 2.29. The van der Waals surface area contributed by atoms with Crippen LogP contribution < -0.4 is 0 Å². The average Bonchev–Trinajstić information content (AvgIpc) is 2.14. The number of aliphatic carboxylic acids is 1. The summed E-state index contributed by atoms with van der Waals surface area (Å²) in [5.74, 6) is 0.853. The smallest absolute Gasteiger partial charge is 0.303 e. The van der Waals surface area contributed by atoms with Crippen molar-refractivity contribution in [3.63, 3.8) is 0 Å². The van der Waals surface area contributed by atoms with Crippen LogP contribution in [0.5, 0.6) is 0 Å². The van der Waals surface area contributed by atoms with Gasteiger partial charge in [0.1, 0.15) is 0 Å². The molecule has 0 aromatic carbocycles. The molecule has 15 heavy (non-hydrogen) atoms. The fourth-order valence-electron chi connectivity index (χ4n) is 2.64. The van der Waals surface area contributed by atoms with Crippen LogP contribution in [0.4, 0.5) is 0 Å². The molecule has 0 aromatic rings. The van der Waals surface area contributed by atoms with E-state index < -0.39 is 5.97 Å². The van der Waals surface area contributed by atoms with Crippen molar-refractivity contribution in [1.82, 2.24) is 0 Å². The van der Waals surface area contributed by atoms with E-state index in [0.29, 0.717) is 17.8 Å². The predicted molar refractivity (Wildman–Crippen MR) is 61.8 cm³/mol. The number of hydrogen-bond donors (Lipinski definition) is 1. The lowest BCUT2D eigenvalue weighted by atomic mass is 9.69. The quantitative estimate of drug-likeness (QED) is 0.774. The Morgan fingerprint density at radius 2 is 1.73 bits per heavy atom. The van der Waals surface area contributed by atoms with Crippen molar-refractivity contribution in [2.24, 2.45) is 17.3 Å². The molecule has 1 fully saturated rings. The van der Waals surface area contributed by atoms with Crippen LogP contribution in [0.3, 0.4) is 0 Å². The SMILES string of the molecule is CC(C)(C)[C@H]1CC[C@H](CCC(=O)O)CC1. The van der Waals surface area contributed by atoms with Gasteiger partial charge in [0.25, 0.3) is 0 Å². The van der Waals surface area contributed by atoms with E-state index in [4.69, 9.17) is 5.11 Å². The standard InChI is InChI=1S/C13H24O2/c1-13(2,3)11-7-4-10(5-8-11)6-9-12(14)15/h10-11H,4-9H2,1-3H3,(H,14,15)/t10-,11-. The highest BCUT2D eigenvalue weighted by molar-refractivity contribution is 5.66. The van der Waals surface area contributed by atoms with Gasteiger partial charge in [-0.05, 0) is 36.5 Å². The second-order valence-corrected chi connectivity index (χ2v) is 6.02. The Morgan fingerprint density at radius 3 is 2.13 bits per heavy atom. The molecule has 0 spiro atoms. The minimum atomic E-state index is -0.645. The lowest BCUT2D eigenvalue weighted by Gasteiger charge is -2.36. The van der Waals surface area contributed by atoms with Crippen LogP contribution in [0.25, 0.3) is 0 Å². The summed E-state index contributed by atoms with van der Waals surface area (Å²) in [5, 5.41) is 8.63. The van der Waals surface area contributed by atoms with Gasteiger partial charge in [-0.15, -0.1) is 0 Å². The van der Waals surface area contributed by atoms with Crippen molar-refractivity contribution < 1.29 is 9.90 Å². The molecule has 0 bridgehead atoms. The van der Waals surface area contributed by atoms with Gasteiger partial charge in [0.05, 0.1) is 0 Å². The monoisotopic (exact) mass is 212 g/mol. The van der Waals surface area contributed by atoms with Gasteiger partial charge < -0.3 is 5.11 Å². The van der Waals surface area contributed by atoms with E-state index >= 15 is 0 Å². The number of carbonyl (C=O) groups is 1. The molecule has 1 saturated carbocycles. The summed E-state index contributed by atoms with van der Waals surface area (Å²) in [6.07, 6.45) is 6.27. The third-order valence-electron chi connectivity index (χ3n) is 3.84. The molecule has 2 heteroatoms. The lowest BCUT2D eigenvalue weighted by molar-refractivity contribution is -0.137. The predicted octanol–water partition coefficient (Wildman–Crippen LogP) is 3.70. The lowest BCUT2D eigenvalue weighted by Crippen LogP contribution is -2.26. The number of hydrogen-bond acceptors (Lipinski definition) is 1. The molecule has 0 unspecified atom stereocenters. The summed E-state index contributed by atoms with van der Waals surface area (Å²) >= 11 is 0. The highest BCUT2D eigenvalue weighted by atomic mass is 16.4. The third-order valence-corrected chi connectivity index (χ3v) is 3.84. The molecule has 0 radical (unpaired) electrons. The van der Waals surface area contributed by atoms with Crippen molar-refractivity contribution in [2.45, 2.75) is 59.3 Å². The van der Waals surface area contributed by atoms with Crippen LogP contribution in [0.15, 0.2) is 0 Å². The van der Waals surface area contributed by atoms with E-state index in [2.05, 4.69) is 20.8 Å². The fourth-order valence-corrected chi connectivity index (χ4v) is 2.64. The van der Waals surface area contributed by atoms with Crippen molar-refractivity contribution in [3.8, 4) is 0 Å². The minimum absolute atomic E-state index is 0.352. The summed E-state index contributed by atoms with van der Waals surface area (Å²) in [6, 6.07) is 0. The molecule has 0 aromatic heterocycles. The second-order valence-electron chi connectivity index (χ2n) is 6.02. The van der Waals surface area contributed by atoms with Gasteiger partial charge in [0.2, 0.25) is 0 Å². The van der Waals surface area contributed by atoms with Crippen LogP contribution >= 0.6 is 0 Å². The van der Waals surface area contributed by atoms with Crippen LogP contribution in [-0.4, -0.2) is 11.1 Å². The van der Waals surface area contributed by atoms with E-state index in [1.807, 2.05) is 0 Å². The molecule has 1 rings (SSSR count). The molecule has 88 valence electrons. The molecule has 0 saturated heterocycles. The molecule has 0 atom stereocenters. The molecule has 1 aliphatic carbocycles. The Bertz CT molecular complexity index is 207. The highest BCUT2D eigenvalue weighted by Crippen LogP contribution is 2.40. The maximum absolute atomic E-state index is 10.5. The summed E-state index contributed by atoms with van der Waals surface area (Å²) in [4.78, 5) is 10.5. The molecule has 0 amide bonds. The van der Waals surface area contributed by atoms with Crippen molar-refractivity contribution >= 4 is 5.97 Å². The van der Waals surface area contributed by atoms with Crippen molar-refractivity contribution in [2.75, 3.05) is 0 Å². The van der Waals surface area contributed by atoms with Crippen molar-refractivity contribution in [3.05, 3.63) is 0 Å². The maximum Gasteiger partial charge on any atom is 0.303 e. The molecule has 0 heterocycles. The average molecular weight is 212 g/mol. The molecule has 2 nitrogen and oxygen atoms in total. The molecular weight excluding hydrogens is 188 g/mol. The number of carboxylic acids is 1. The van der Waals surface area contributed by atoms with Gasteiger partial charge in [-0.3, -0.25) is 4.79 Å². The summed E-state index contributed by atoms with van der Waals surface area (Å²) in [7, 11) is 0. The van der Waals surface area contributed by atoms with E-state index in [1.165, 1.54) is 25.7 Å². The topological polar surface area (TPSA) is 37.3 Å². The van der Waals surface area contributed by atoms with Crippen LogP contribution in [-0.2, 0) is 4.79 Å². The second kappa shape index (κ2) is 5.00. The van der Waals surface area contributed by atoms with E-state index in [0.717, 1.165) is 12.3 Å². The van der Waals surface area contributed by atoms with Crippen LogP contribution in [0, 0.1) is 17.3 Å². The molecule has 1 aliphatic rings. The summed E-state index contributed by atoms with van der Waals surface area (Å²) < 4.78 is 0. The Balaban J connectivity index is 2.27. The summed E-state index contributed by atoms with van der Waals surface area (Å²) in [5.41, 5.74) is 0.428. The minimum Gasteiger partial charge on any atom is -0.481 e. The molecule has 0 aliphatic heterocycles. The first-order chi connectivity index (χ1) is 6.89. The van der Waals surface area contributed by atoms with Gasteiger partial charge >= 0.3 is 5.97 Å². The Labute approximate surface area is 93.1 Å². The van der Waals surface area contributed by atoms with Crippen LogP contribution in [0.2, 0.25) is 0 Å². The normalized spacial score (nSPS) is 27.7. The zero-order valence-corrected chi connectivity index (χ0v) is 10.3. The molecular formula is C13H24O2. The first kappa shape index (κ1) is 12.5. The first-order valence-electron chi connectivity index (χ1n) is 6.11. The van der Waals surface area contributed by atoms with Gasteiger partial charge in [-0.1, -0.05) is 33.6 Å². The van der Waals surface area contributed by atoms with E-state index in [9.17, 15) is 4.79 Å². The zero-order valence-electron chi connectivity index (χ0n) is 10.3. The van der Waals surface area contributed by atoms with E-state index in [1.54, 1.807) is 0 Å². The maximum atomic E-state index is 10.5. The fraction of sp³-hybridized carbons (Fsp3) is 0.923. The number of rotatable bonds is 3. The van der Waals surface area contributed by atoms with Gasteiger partial charge in [-0.25, -0.2) is 0 Å². The largest absolute Gasteiger partial charge is 0.481 e. The van der Waals surface area contributed by atoms with Gasteiger partial charge in [0, 0.05) is 6.42 Å². The third kappa shape index (κ3) is 4.23. The zero-order chi connectivity index (χ0) is 11.5. The van der Waals surface area contributed by atoms with E-state index in [-0.39, 0.29) is 0 Å².